The Kier molecular flexibility index (Phi) is 7.87. The fourth-order valence-corrected chi connectivity index (χ4v) is 2.05. The molecule has 0 saturated heterocycles. The molecule has 0 saturated carbocycles. The van der Waals surface area contributed by atoms with Gasteiger partial charge in [-0.1, -0.05) is 67.6 Å². The van der Waals surface area contributed by atoms with Crippen molar-refractivity contribution in [1.29, 1.82) is 0 Å². The number of carbonyl (C=O) groups excluding carboxylic acids is 2. The van der Waals surface area contributed by atoms with Gasteiger partial charge in [0.1, 0.15) is 0 Å². The Balaban J connectivity index is 1.66. The van der Waals surface area contributed by atoms with Crippen LogP contribution in [-0.4, -0.2) is 25.2 Å². The Bertz CT molecular complexity index is 683. The number of hydrogen-bond acceptors (Lipinski definition) is 4. The molecule has 0 aliphatic rings. The van der Waals surface area contributed by atoms with Crippen molar-refractivity contribution in [2.45, 2.75) is 6.92 Å². The molecule has 2 rings (SSSR count). The third-order valence-electron chi connectivity index (χ3n) is 3.44. The number of carbonyl (C=O) groups is 2. The molecule has 0 unspecified atom stereocenters. The summed E-state index contributed by atoms with van der Waals surface area (Å²) >= 11 is 0. The Labute approximate surface area is 153 Å². The van der Waals surface area contributed by atoms with E-state index in [-0.39, 0.29) is 19.1 Å². The summed E-state index contributed by atoms with van der Waals surface area (Å²) in [4.78, 5) is 23.4. The van der Waals surface area contributed by atoms with E-state index in [0.717, 1.165) is 11.1 Å². The van der Waals surface area contributed by atoms with Crippen molar-refractivity contribution in [3.63, 3.8) is 0 Å². The second-order valence-corrected chi connectivity index (χ2v) is 5.85. The van der Waals surface area contributed by atoms with E-state index in [9.17, 15) is 9.59 Å². The fraction of sp³-hybridized carbons (Fsp3) is 0.182. The summed E-state index contributed by atoms with van der Waals surface area (Å²) in [5.74, 6) is -0.926. The zero-order valence-electron chi connectivity index (χ0n) is 14.7. The number of ether oxygens (including phenoxy) is 2. The molecule has 26 heavy (non-hydrogen) atoms. The second kappa shape index (κ2) is 10.7. The van der Waals surface area contributed by atoms with E-state index in [1.165, 1.54) is 12.2 Å². The van der Waals surface area contributed by atoms with Crippen LogP contribution < -0.4 is 0 Å². The van der Waals surface area contributed by atoms with Gasteiger partial charge in [0.15, 0.2) is 0 Å². The van der Waals surface area contributed by atoms with Gasteiger partial charge in [0.25, 0.3) is 0 Å². The fourth-order valence-electron chi connectivity index (χ4n) is 2.05. The molecule has 0 radical (unpaired) electrons. The van der Waals surface area contributed by atoms with Gasteiger partial charge < -0.3 is 9.47 Å². The highest BCUT2D eigenvalue weighted by atomic mass is 16.5. The Morgan fingerprint density at radius 2 is 1.15 bits per heavy atom. The van der Waals surface area contributed by atoms with Crippen molar-refractivity contribution in [3.05, 3.63) is 83.9 Å². The second-order valence-electron chi connectivity index (χ2n) is 5.85. The van der Waals surface area contributed by atoms with E-state index in [2.05, 4.69) is 0 Å². The Morgan fingerprint density at radius 1 is 0.769 bits per heavy atom. The normalized spacial score (nSPS) is 12.2. The van der Waals surface area contributed by atoms with E-state index in [1.807, 2.05) is 67.6 Å². The number of benzene rings is 2. The standard InChI is InChI=1S/C22H22O4/c1-18(16-25-21(23)14-12-19-8-4-2-5-9-19)17-26-22(24)15-13-20-10-6-3-7-11-20/h2-15,18H,16-17H2,1H3. The first-order valence-electron chi connectivity index (χ1n) is 8.43. The first kappa shape index (κ1) is 19.2. The highest BCUT2D eigenvalue weighted by molar-refractivity contribution is 5.87. The minimum Gasteiger partial charge on any atom is -0.462 e. The molecule has 0 aliphatic carbocycles. The lowest BCUT2D eigenvalue weighted by Crippen LogP contribution is -2.17. The van der Waals surface area contributed by atoms with Gasteiger partial charge in [-0.2, -0.15) is 0 Å². The SMILES string of the molecule is CC(COC(=O)C=Cc1ccccc1)COC(=O)C=Cc1ccccc1. The van der Waals surface area contributed by atoms with Gasteiger partial charge >= 0.3 is 11.9 Å². The van der Waals surface area contributed by atoms with E-state index in [1.54, 1.807) is 12.2 Å². The average molecular weight is 350 g/mol. The van der Waals surface area contributed by atoms with Gasteiger partial charge in [-0.3, -0.25) is 0 Å². The van der Waals surface area contributed by atoms with Crippen LogP contribution in [0.4, 0.5) is 0 Å². The molecule has 4 nitrogen and oxygen atoms in total. The van der Waals surface area contributed by atoms with Crippen molar-refractivity contribution in [3.8, 4) is 0 Å². The third kappa shape index (κ3) is 7.62. The van der Waals surface area contributed by atoms with Gasteiger partial charge in [0.2, 0.25) is 0 Å². The molecule has 0 bridgehead atoms. The average Bonchev–Trinajstić information content (AvgIpc) is 2.69. The van der Waals surface area contributed by atoms with Crippen molar-refractivity contribution in [1.82, 2.24) is 0 Å². The van der Waals surface area contributed by atoms with Gasteiger partial charge in [0.05, 0.1) is 13.2 Å². The van der Waals surface area contributed by atoms with Gasteiger partial charge in [0, 0.05) is 18.1 Å². The van der Waals surface area contributed by atoms with E-state index >= 15 is 0 Å². The third-order valence-corrected chi connectivity index (χ3v) is 3.44. The quantitative estimate of drug-likeness (QED) is 0.530. The molecule has 2 aromatic rings. The summed E-state index contributed by atoms with van der Waals surface area (Å²) in [5, 5.41) is 0. The zero-order chi connectivity index (χ0) is 18.6. The monoisotopic (exact) mass is 350 g/mol. The number of hydrogen-bond donors (Lipinski definition) is 0. The van der Waals surface area contributed by atoms with Crippen molar-refractivity contribution < 1.29 is 19.1 Å². The molecule has 0 amide bonds. The number of esters is 2. The maximum Gasteiger partial charge on any atom is 0.330 e. The number of rotatable bonds is 8. The van der Waals surface area contributed by atoms with Crippen LogP contribution >= 0.6 is 0 Å². The highest BCUT2D eigenvalue weighted by Gasteiger charge is 2.08. The smallest absolute Gasteiger partial charge is 0.330 e. The summed E-state index contributed by atoms with van der Waals surface area (Å²) in [7, 11) is 0. The summed E-state index contributed by atoms with van der Waals surface area (Å²) in [6.07, 6.45) is 6.16. The summed E-state index contributed by atoms with van der Waals surface area (Å²) in [6.45, 7) is 2.23. The maximum absolute atomic E-state index is 11.7. The lowest BCUT2D eigenvalue weighted by Gasteiger charge is -2.10. The lowest BCUT2D eigenvalue weighted by atomic mass is 10.2. The van der Waals surface area contributed by atoms with Crippen LogP contribution in [-0.2, 0) is 19.1 Å². The maximum atomic E-state index is 11.7. The van der Waals surface area contributed by atoms with Crippen LogP contribution in [0, 0.1) is 5.92 Å². The molecular formula is C22H22O4. The molecule has 0 aromatic heterocycles. The Morgan fingerprint density at radius 3 is 1.54 bits per heavy atom. The molecule has 0 atom stereocenters. The van der Waals surface area contributed by atoms with Crippen LogP contribution in [0.1, 0.15) is 18.1 Å². The molecule has 0 heterocycles. The molecule has 0 fully saturated rings. The molecule has 0 spiro atoms. The summed E-state index contributed by atoms with van der Waals surface area (Å²) in [5.41, 5.74) is 1.85. The van der Waals surface area contributed by atoms with Crippen molar-refractivity contribution in [2.75, 3.05) is 13.2 Å². The molecule has 4 heteroatoms. The van der Waals surface area contributed by atoms with Crippen LogP contribution in [0.2, 0.25) is 0 Å². The van der Waals surface area contributed by atoms with Gasteiger partial charge in [-0.05, 0) is 23.3 Å². The molecule has 134 valence electrons. The largest absolute Gasteiger partial charge is 0.462 e. The minimum absolute atomic E-state index is 0.0850. The lowest BCUT2D eigenvalue weighted by molar-refractivity contribution is -0.142. The van der Waals surface area contributed by atoms with Gasteiger partial charge in [-0.15, -0.1) is 0 Å². The molecule has 2 aromatic carbocycles. The molecule has 0 aliphatic heterocycles. The molecule has 0 N–H and O–H groups in total. The first-order valence-corrected chi connectivity index (χ1v) is 8.43. The molecular weight excluding hydrogens is 328 g/mol. The summed E-state index contributed by atoms with van der Waals surface area (Å²) < 4.78 is 10.3. The van der Waals surface area contributed by atoms with E-state index in [0.29, 0.717) is 0 Å². The van der Waals surface area contributed by atoms with Crippen LogP contribution in [0.15, 0.2) is 72.8 Å². The minimum atomic E-state index is -0.420. The van der Waals surface area contributed by atoms with Crippen molar-refractivity contribution in [2.24, 2.45) is 5.92 Å². The van der Waals surface area contributed by atoms with E-state index < -0.39 is 11.9 Å². The predicted octanol–water partition coefficient (Wildman–Crippen LogP) is 4.14. The van der Waals surface area contributed by atoms with Gasteiger partial charge in [-0.25, -0.2) is 9.59 Å². The van der Waals surface area contributed by atoms with Crippen molar-refractivity contribution >= 4 is 24.1 Å². The van der Waals surface area contributed by atoms with Crippen LogP contribution in [0.5, 0.6) is 0 Å². The Hall–Kier alpha value is -3.14. The topological polar surface area (TPSA) is 52.6 Å². The predicted molar refractivity (Wildman–Crippen MR) is 102 cm³/mol. The zero-order valence-corrected chi connectivity index (χ0v) is 14.7. The van der Waals surface area contributed by atoms with Crippen LogP contribution in [0.3, 0.4) is 0 Å². The highest BCUT2D eigenvalue weighted by Crippen LogP contribution is 2.04. The summed E-state index contributed by atoms with van der Waals surface area (Å²) in [6, 6.07) is 19.0. The van der Waals surface area contributed by atoms with E-state index in [4.69, 9.17) is 9.47 Å². The first-order chi connectivity index (χ1) is 12.6. The van der Waals surface area contributed by atoms with Crippen LogP contribution in [0.25, 0.3) is 12.2 Å².